The maximum Gasteiger partial charge on any atom is 0.364 e. The zero-order valence-corrected chi connectivity index (χ0v) is 12.1. The quantitative estimate of drug-likeness (QED) is 0.409. The minimum atomic E-state index is -0.350. The number of nitrogens with one attached hydrogen (secondary N) is 1. The molecule has 0 spiro atoms. The molecule has 0 aliphatic carbocycles. The van der Waals surface area contributed by atoms with Gasteiger partial charge in [-0.3, -0.25) is 0 Å². The summed E-state index contributed by atoms with van der Waals surface area (Å²) in [4.78, 5) is 0. The van der Waals surface area contributed by atoms with Gasteiger partial charge >= 0.3 is 13.0 Å². The van der Waals surface area contributed by atoms with Crippen LogP contribution in [0.15, 0.2) is 0 Å². The fraction of sp³-hybridized carbons (Fsp3) is 0.923. The van der Waals surface area contributed by atoms with Crippen LogP contribution in [0.4, 0.5) is 0 Å². The Labute approximate surface area is 107 Å². The number of unbranched alkanes of at least 4 members (excludes halogenated alkanes) is 2. The summed E-state index contributed by atoms with van der Waals surface area (Å²) in [5.74, 6) is 0. The second-order valence-electron chi connectivity index (χ2n) is 5.53. The van der Waals surface area contributed by atoms with Gasteiger partial charge in [-0.15, -0.1) is 0 Å². The first-order valence-corrected chi connectivity index (χ1v) is 6.83. The van der Waals surface area contributed by atoms with Gasteiger partial charge < -0.3 is 9.39 Å². The van der Waals surface area contributed by atoms with Gasteiger partial charge in [0, 0.05) is 0 Å². The van der Waals surface area contributed by atoms with E-state index in [2.05, 4.69) is 13.8 Å². The standard InChI is InChI=1S/C13H28BNO2/c1-6-8-10-14(11-9-7-2)17-12(15)16-13(3,4)5/h15H,6-11H2,1-5H3. The molecule has 0 saturated heterocycles. The van der Waals surface area contributed by atoms with Crippen molar-refractivity contribution >= 4 is 13.0 Å². The van der Waals surface area contributed by atoms with Crippen molar-refractivity contribution in [2.75, 3.05) is 0 Å². The molecule has 1 N–H and O–H groups in total. The van der Waals surface area contributed by atoms with Gasteiger partial charge in [0.2, 0.25) is 0 Å². The van der Waals surface area contributed by atoms with Gasteiger partial charge in [-0.25, -0.2) is 5.41 Å². The van der Waals surface area contributed by atoms with E-state index in [4.69, 9.17) is 14.8 Å². The topological polar surface area (TPSA) is 42.3 Å². The molecule has 17 heavy (non-hydrogen) atoms. The third kappa shape index (κ3) is 10.2. The lowest BCUT2D eigenvalue weighted by Crippen LogP contribution is -2.30. The monoisotopic (exact) mass is 241 g/mol. The highest BCUT2D eigenvalue weighted by Crippen LogP contribution is 2.14. The number of ether oxygens (including phenoxy) is 1. The molecule has 0 amide bonds. The van der Waals surface area contributed by atoms with Crippen molar-refractivity contribution in [2.45, 2.75) is 78.5 Å². The Morgan fingerprint density at radius 3 is 1.88 bits per heavy atom. The molecule has 0 radical (unpaired) electrons. The summed E-state index contributed by atoms with van der Waals surface area (Å²) in [5, 5.41) is 7.70. The molecule has 3 nitrogen and oxygen atoms in total. The van der Waals surface area contributed by atoms with Gasteiger partial charge in [0.05, 0.1) is 0 Å². The summed E-state index contributed by atoms with van der Waals surface area (Å²) in [5.41, 5.74) is -0.350. The lowest BCUT2D eigenvalue weighted by Gasteiger charge is -2.23. The first kappa shape index (κ1) is 16.3. The largest absolute Gasteiger partial charge is 0.522 e. The Morgan fingerprint density at radius 2 is 1.53 bits per heavy atom. The van der Waals surface area contributed by atoms with E-state index < -0.39 is 0 Å². The van der Waals surface area contributed by atoms with E-state index in [1.165, 1.54) is 12.8 Å². The van der Waals surface area contributed by atoms with Crippen LogP contribution in [-0.2, 0) is 9.39 Å². The summed E-state index contributed by atoms with van der Waals surface area (Å²) in [6, 6.07) is 0. The Kier molecular flexibility index (Phi) is 8.10. The van der Waals surface area contributed by atoms with Crippen molar-refractivity contribution in [3.8, 4) is 0 Å². The van der Waals surface area contributed by atoms with Crippen molar-refractivity contribution in [3.63, 3.8) is 0 Å². The molecule has 0 aliphatic rings. The minimum absolute atomic E-state index is 0.0327. The molecule has 0 saturated carbocycles. The van der Waals surface area contributed by atoms with Crippen LogP contribution in [0, 0.1) is 5.41 Å². The molecule has 0 atom stereocenters. The van der Waals surface area contributed by atoms with E-state index in [1.807, 2.05) is 20.8 Å². The normalized spacial score (nSPS) is 11.1. The van der Waals surface area contributed by atoms with Crippen LogP contribution in [0.3, 0.4) is 0 Å². The zero-order valence-electron chi connectivity index (χ0n) is 12.1. The molecular weight excluding hydrogens is 213 g/mol. The first-order chi connectivity index (χ1) is 7.89. The fourth-order valence-corrected chi connectivity index (χ4v) is 1.58. The van der Waals surface area contributed by atoms with E-state index in [0.717, 1.165) is 25.5 Å². The van der Waals surface area contributed by atoms with E-state index in [1.54, 1.807) is 0 Å². The molecule has 0 heterocycles. The highest BCUT2D eigenvalue weighted by Gasteiger charge is 2.21. The van der Waals surface area contributed by atoms with Crippen LogP contribution in [0.5, 0.6) is 0 Å². The smallest absolute Gasteiger partial charge is 0.364 e. The third-order valence-corrected chi connectivity index (χ3v) is 2.43. The number of hydrogen-bond acceptors (Lipinski definition) is 3. The molecule has 0 aliphatic heterocycles. The van der Waals surface area contributed by atoms with Gasteiger partial charge in [-0.2, -0.15) is 0 Å². The maximum absolute atomic E-state index is 7.70. The SMILES string of the molecule is CCCCB(CCCC)OC(=N)OC(C)(C)C. The molecule has 0 fully saturated rings. The van der Waals surface area contributed by atoms with Crippen molar-refractivity contribution < 1.29 is 9.39 Å². The Hall–Kier alpha value is -0.665. The van der Waals surface area contributed by atoms with Gasteiger partial charge in [0.25, 0.3) is 0 Å². The summed E-state index contributed by atoms with van der Waals surface area (Å²) in [6.45, 7) is 10.3. The average molecular weight is 241 g/mol. The summed E-state index contributed by atoms with van der Waals surface area (Å²) < 4.78 is 11.0. The maximum atomic E-state index is 7.70. The van der Waals surface area contributed by atoms with Gasteiger partial charge in [0.1, 0.15) is 5.60 Å². The molecule has 0 bridgehead atoms. The van der Waals surface area contributed by atoms with E-state index in [0.29, 0.717) is 0 Å². The first-order valence-electron chi connectivity index (χ1n) is 6.83. The molecule has 0 unspecified atom stereocenters. The molecule has 0 aromatic heterocycles. The molecule has 0 aromatic rings. The molecule has 0 aromatic carbocycles. The van der Waals surface area contributed by atoms with E-state index in [-0.39, 0.29) is 18.6 Å². The minimum Gasteiger partial charge on any atom is -0.522 e. The zero-order chi connectivity index (χ0) is 13.3. The second-order valence-corrected chi connectivity index (χ2v) is 5.53. The second kappa shape index (κ2) is 8.43. The van der Waals surface area contributed by atoms with Crippen LogP contribution >= 0.6 is 0 Å². The van der Waals surface area contributed by atoms with Gasteiger partial charge in [-0.05, 0) is 33.4 Å². The Bertz CT molecular complexity index is 206. The molecule has 0 rings (SSSR count). The molecule has 100 valence electrons. The Balaban J connectivity index is 4.07. The predicted octanol–water partition coefficient (Wildman–Crippen LogP) is 4.34. The highest BCUT2D eigenvalue weighted by atomic mass is 16.7. The van der Waals surface area contributed by atoms with Crippen LogP contribution in [0.2, 0.25) is 12.6 Å². The van der Waals surface area contributed by atoms with Gasteiger partial charge in [-0.1, -0.05) is 39.5 Å². The summed E-state index contributed by atoms with van der Waals surface area (Å²) in [7, 11) is 0. The fourth-order valence-electron chi connectivity index (χ4n) is 1.58. The van der Waals surface area contributed by atoms with Crippen LogP contribution in [0.1, 0.15) is 60.3 Å². The van der Waals surface area contributed by atoms with Gasteiger partial charge in [0.15, 0.2) is 0 Å². The summed E-state index contributed by atoms with van der Waals surface area (Å²) in [6.07, 6.45) is 6.64. The van der Waals surface area contributed by atoms with E-state index in [9.17, 15) is 0 Å². The third-order valence-electron chi connectivity index (χ3n) is 2.43. The average Bonchev–Trinajstić information content (AvgIpc) is 2.19. The predicted molar refractivity (Wildman–Crippen MR) is 74.8 cm³/mol. The highest BCUT2D eigenvalue weighted by molar-refractivity contribution is 6.53. The Morgan fingerprint density at radius 1 is 1.06 bits per heavy atom. The number of rotatable bonds is 7. The number of hydrogen-bond donors (Lipinski definition) is 1. The van der Waals surface area contributed by atoms with Crippen LogP contribution in [-0.4, -0.2) is 18.6 Å². The van der Waals surface area contributed by atoms with Crippen molar-refractivity contribution in [2.24, 2.45) is 0 Å². The molecule has 4 heteroatoms. The molecular formula is C13H28BNO2. The van der Waals surface area contributed by atoms with E-state index >= 15 is 0 Å². The lowest BCUT2D eigenvalue weighted by atomic mass is 9.59. The van der Waals surface area contributed by atoms with Crippen molar-refractivity contribution in [1.29, 1.82) is 5.41 Å². The summed E-state index contributed by atoms with van der Waals surface area (Å²) >= 11 is 0. The lowest BCUT2D eigenvalue weighted by molar-refractivity contribution is 0.0818. The van der Waals surface area contributed by atoms with Crippen molar-refractivity contribution in [3.05, 3.63) is 0 Å². The van der Waals surface area contributed by atoms with Crippen LogP contribution in [0.25, 0.3) is 0 Å². The van der Waals surface area contributed by atoms with Crippen LogP contribution < -0.4 is 0 Å². The van der Waals surface area contributed by atoms with Crippen molar-refractivity contribution in [1.82, 2.24) is 0 Å².